The van der Waals surface area contributed by atoms with Gasteiger partial charge >= 0.3 is 0 Å². The van der Waals surface area contributed by atoms with Crippen molar-refractivity contribution in [2.24, 2.45) is 0 Å². The zero-order chi connectivity index (χ0) is 11.8. The maximum atomic E-state index is 10.1. The van der Waals surface area contributed by atoms with Gasteiger partial charge in [0.25, 0.3) is 0 Å². The summed E-state index contributed by atoms with van der Waals surface area (Å²) in [4.78, 5) is 0. The van der Waals surface area contributed by atoms with Crippen LogP contribution in [0.3, 0.4) is 0 Å². The van der Waals surface area contributed by atoms with Crippen LogP contribution in [-0.2, 0) is 12.0 Å². The first-order valence-electron chi connectivity index (χ1n) is 5.84. The molecule has 1 atom stereocenters. The molecule has 2 nitrogen and oxygen atoms in total. The third-order valence-electron chi connectivity index (χ3n) is 3.49. The molecule has 1 unspecified atom stereocenters. The molecule has 1 aliphatic rings. The molecule has 88 valence electrons. The molecule has 1 fully saturated rings. The van der Waals surface area contributed by atoms with Gasteiger partial charge < -0.3 is 10.4 Å². The number of hydrogen-bond donors (Lipinski definition) is 2. The van der Waals surface area contributed by atoms with E-state index in [2.05, 4.69) is 25.2 Å². The summed E-state index contributed by atoms with van der Waals surface area (Å²) in [6, 6.07) is 3.91. The minimum Gasteiger partial charge on any atom is -0.506 e. The highest BCUT2D eigenvalue weighted by Crippen LogP contribution is 2.40. The largest absolute Gasteiger partial charge is 0.506 e. The summed E-state index contributed by atoms with van der Waals surface area (Å²) in [5, 5.41) is 14.0. The van der Waals surface area contributed by atoms with Gasteiger partial charge in [0.15, 0.2) is 0 Å². The van der Waals surface area contributed by atoms with Crippen LogP contribution in [0.15, 0.2) is 12.1 Å². The number of hydrogen-bond acceptors (Lipinski definition) is 2. The second-order valence-corrected chi connectivity index (χ2v) is 5.10. The van der Waals surface area contributed by atoms with Crippen LogP contribution in [0.5, 0.6) is 5.75 Å². The van der Waals surface area contributed by atoms with Crippen LogP contribution in [-0.4, -0.2) is 11.7 Å². The molecule has 1 aromatic carbocycles. The molecule has 2 N–H and O–H groups in total. The van der Waals surface area contributed by atoms with E-state index >= 15 is 0 Å². The molecule has 0 bridgehead atoms. The van der Waals surface area contributed by atoms with Gasteiger partial charge in [-0.25, -0.2) is 0 Å². The van der Waals surface area contributed by atoms with E-state index in [1.165, 1.54) is 5.56 Å². The van der Waals surface area contributed by atoms with Crippen LogP contribution in [0.4, 0.5) is 0 Å². The van der Waals surface area contributed by atoms with Crippen molar-refractivity contribution in [2.45, 2.75) is 38.6 Å². The fourth-order valence-corrected chi connectivity index (χ4v) is 2.65. The highest BCUT2D eigenvalue weighted by molar-refractivity contribution is 6.32. The Labute approximate surface area is 102 Å². The molecule has 1 aromatic rings. The minimum absolute atomic E-state index is 0.126. The number of aromatic hydroxyl groups is 1. The smallest absolute Gasteiger partial charge is 0.139 e. The number of rotatable bonds is 2. The summed E-state index contributed by atoms with van der Waals surface area (Å²) < 4.78 is 0. The van der Waals surface area contributed by atoms with Gasteiger partial charge in [0, 0.05) is 11.1 Å². The maximum Gasteiger partial charge on any atom is 0.139 e. The lowest BCUT2D eigenvalue weighted by Crippen LogP contribution is -2.33. The van der Waals surface area contributed by atoms with Crippen molar-refractivity contribution < 1.29 is 5.11 Å². The minimum atomic E-state index is -0.126. The fraction of sp³-hybridized carbons (Fsp3) is 0.538. The second-order valence-electron chi connectivity index (χ2n) is 4.69. The molecule has 1 aliphatic heterocycles. The fourth-order valence-electron chi connectivity index (χ4n) is 2.40. The van der Waals surface area contributed by atoms with Crippen LogP contribution in [0.25, 0.3) is 0 Å². The van der Waals surface area contributed by atoms with Crippen molar-refractivity contribution in [1.82, 2.24) is 5.32 Å². The number of phenols is 1. The first-order chi connectivity index (χ1) is 7.57. The van der Waals surface area contributed by atoms with Crippen LogP contribution in [0, 0.1) is 0 Å². The van der Waals surface area contributed by atoms with E-state index < -0.39 is 0 Å². The van der Waals surface area contributed by atoms with Crippen LogP contribution in [0.1, 0.15) is 37.8 Å². The van der Waals surface area contributed by atoms with Gasteiger partial charge in [0.1, 0.15) is 5.75 Å². The zero-order valence-corrected chi connectivity index (χ0v) is 10.6. The normalized spacial score (nSPS) is 24.9. The predicted octanol–water partition coefficient (Wildman–Crippen LogP) is 3.21. The van der Waals surface area contributed by atoms with Gasteiger partial charge in [-0.05, 0) is 44.4 Å². The molecule has 0 amide bonds. The van der Waals surface area contributed by atoms with E-state index in [0.717, 1.165) is 31.4 Å². The van der Waals surface area contributed by atoms with Gasteiger partial charge in [-0.1, -0.05) is 24.6 Å². The third kappa shape index (κ3) is 1.92. The van der Waals surface area contributed by atoms with E-state index in [9.17, 15) is 5.11 Å². The molecule has 1 saturated heterocycles. The Kier molecular flexibility index (Phi) is 3.13. The Morgan fingerprint density at radius 3 is 2.81 bits per heavy atom. The van der Waals surface area contributed by atoms with Crippen molar-refractivity contribution in [3.8, 4) is 5.75 Å². The molecule has 0 aliphatic carbocycles. The average molecular weight is 240 g/mol. The van der Waals surface area contributed by atoms with Crippen molar-refractivity contribution in [3.05, 3.63) is 28.3 Å². The number of aryl methyl sites for hydroxylation is 1. The predicted molar refractivity (Wildman–Crippen MR) is 67.1 cm³/mol. The summed E-state index contributed by atoms with van der Waals surface area (Å²) in [7, 11) is 0. The molecule has 0 saturated carbocycles. The van der Waals surface area contributed by atoms with E-state index in [0.29, 0.717) is 5.02 Å². The molecule has 2 rings (SSSR count). The van der Waals surface area contributed by atoms with Gasteiger partial charge in [-0.15, -0.1) is 0 Å². The summed E-state index contributed by atoms with van der Waals surface area (Å²) in [5.74, 6) is 0.232. The quantitative estimate of drug-likeness (QED) is 0.831. The molecule has 0 aromatic heterocycles. The summed E-state index contributed by atoms with van der Waals surface area (Å²) in [6.45, 7) is 5.23. The molecule has 16 heavy (non-hydrogen) atoms. The van der Waals surface area contributed by atoms with Crippen LogP contribution in [0.2, 0.25) is 5.02 Å². The summed E-state index contributed by atoms with van der Waals surface area (Å²) in [6.07, 6.45) is 3.12. The lowest BCUT2D eigenvalue weighted by atomic mass is 9.88. The molecule has 0 radical (unpaired) electrons. The SMILES string of the molecule is CCc1cc(Cl)c(O)c(C2(C)CCCN2)c1. The number of benzene rings is 1. The topological polar surface area (TPSA) is 32.3 Å². The molecular weight excluding hydrogens is 222 g/mol. The lowest BCUT2D eigenvalue weighted by molar-refractivity contribution is 0.394. The molecule has 3 heteroatoms. The van der Waals surface area contributed by atoms with Gasteiger partial charge in [0.05, 0.1) is 5.02 Å². The number of phenolic OH excluding ortho intramolecular Hbond substituents is 1. The molecule has 0 spiro atoms. The lowest BCUT2D eigenvalue weighted by Gasteiger charge is -2.27. The Bertz CT molecular complexity index is 397. The highest BCUT2D eigenvalue weighted by atomic mass is 35.5. The van der Waals surface area contributed by atoms with E-state index in [4.69, 9.17) is 11.6 Å². The maximum absolute atomic E-state index is 10.1. The number of halogens is 1. The van der Waals surface area contributed by atoms with Gasteiger partial charge in [-0.3, -0.25) is 0 Å². The number of nitrogens with one attached hydrogen (secondary N) is 1. The molecule has 1 heterocycles. The average Bonchev–Trinajstić information content (AvgIpc) is 2.70. The monoisotopic (exact) mass is 239 g/mol. The van der Waals surface area contributed by atoms with E-state index in [1.54, 1.807) is 0 Å². The Morgan fingerprint density at radius 2 is 2.25 bits per heavy atom. The van der Waals surface area contributed by atoms with Crippen molar-refractivity contribution in [3.63, 3.8) is 0 Å². The van der Waals surface area contributed by atoms with Crippen LogP contribution >= 0.6 is 11.6 Å². The first-order valence-corrected chi connectivity index (χ1v) is 6.21. The highest BCUT2D eigenvalue weighted by Gasteiger charge is 2.33. The summed E-state index contributed by atoms with van der Waals surface area (Å²) in [5.41, 5.74) is 1.99. The van der Waals surface area contributed by atoms with Crippen LogP contribution < -0.4 is 5.32 Å². The van der Waals surface area contributed by atoms with Crippen molar-refractivity contribution in [2.75, 3.05) is 6.54 Å². The van der Waals surface area contributed by atoms with Gasteiger partial charge in [-0.2, -0.15) is 0 Å². The standard InChI is InChI=1S/C13H18ClNO/c1-3-9-7-10(12(16)11(14)8-9)13(2)5-4-6-15-13/h7-8,15-16H,3-6H2,1-2H3. The molecular formula is C13H18ClNO. The summed E-state index contributed by atoms with van der Waals surface area (Å²) >= 11 is 6.06. The van der Waals surface area contributed by atoms with Crippen molar-refractivity contribution >= 4 is 11.6 Å². The van der Waals surface area contributed by atoms with Gasteiger partial charge in [0.2, 0.25) is 0 Å². The second kappa shape index (κ2) is 4.27. The van der Waals surface area contributed by atoms with E-state index in [1.807, 2.05) is 6.07 Å². The first kappa shape index (κ1) is 11.7. The van der Waals surface area contributed by atoms with Crippen molar-refractivity contribution in [1.29, 1.82) is 0 Å². The Hall–Kier alpha value is -0.730. The van der Waals surface area contributed by atoms with E-state index in [-0.39, 0.29) is 11.3 Å². The Balaban J connectivity index is 2.50. The Morgan fingerprint density at radius 1 is 1.50 bits per heavy atom. The zero-order valence-electron chi connectivity index (χ0n) is 9.81. The third-order valence-corrected chi connectivity index (χ3v) is 3.78.